The van der Waals surface area contributed by atoms with E-state index in [1.54, 1.807) is 29.6 Å². The molecule has 4 aromatic rings. The molecule has 33 heavy (non-hydrogen) atoms. The molecular formula is C23H22N8O2. The molecule has 5 heterocycles. The van der Waals surface area contributed by atoms with Gasteiger partial charge in [-0.25, -0.2) is 4.98 Å². The second-order valence-corrected chi connectivity index (χ2v) is 7.72. The summed E-state index contributed by atoms with van der Waals surface area (Å²) in [6.45, 7) is 4.41. The van der Waals surface area contributed by atoms with E-state index in [2.05, 4.69) is 35.5 Å². The topological polar surface area (TPSA) is 113 Å². The molecule has 1 amide bonds. The quantitative estimate of drug-likeness (QED) is 0.498. The highest BCUT2D eigenvalue weighted by Crippen LogP contribution is 2.21. The van der Waals surface area contributed by atoms with Gasteiger partial charge in [0, 0.05) is 56.4 Å². The molecule has 0 radical (unpaired) electrons. The number of rotatable bonds is 5. The Hall–Kier alpha value is -4.34. The summed E-state index contributed by atoms with van der Waals surface area (Å²) in [5.41, 5.74) is 2.17. The molecule has 0 spiro atoms. The molecule has 10 nitrogen and oxygen atoms in total. The predicted molar refractivity (Wildman–Crippen MR) is 122 cm³/mol. The largest absolute Gasteiger partial charge is 0.355 e. The van der Waals surface area contributed by atoms with Crippen LogP contribution in [0.4, 0.5) is 17.5 Å². The van der Waals surface area contributed by atoms with Crippen molar-refractivity contribution >= 4 is 23.4 Å². The molecule has 0 atom stereocenters. The van der Waals surface area contributed by atoms with Gasteiger partial charge in [0.25, 0.3) is 5.91 Å². The lowest BCUT2D eigenvalue weighted by Crippen LogP contribution is -2.49. The molecule has 5 rings (SSSR count). The summed E-state index contributed by atoms with van der Waals surface area (Å²) in [6.07, 6.45) is 5.15. The van der Waals surface area contributed by atoms with Crippen molar-refractivity contribution in [2.75, 3.05) is 36.4 Å². The zero-order valence-electron chi connectivity index (χ0n) is 18.0. The number of amides is 1. The van der Waals surface area contributed by atoms with Gasteiger partial charge in [0.05, 0.1) is 0 Å². The highest BCUT2D eigenvalue weighted by atomic mass is 16.5. The van der Waals surface area contributed by atoms with Crippen LogP contribution in [0.1, 0.15) is 16.1 Å². The van der Waals surface area contributed by atoms with Crippen LogP contribution in [0.5, 0.6) is 0 Å². The van der Waals surface area contributed by atoms with Crippen LogP contribution < -0.4 is 10.2 Å². The fourth-order valence-electron chi connectivity index (χ4n) is 3.55. The lowest BCUT2D eigenvalue weighted by Gasteiger charge is -2.34. The third-order valence-electron chi connectivity index (χ3n) is 5.38. The number of aryl methyl sites for hydroxylation is 1. The predicted octanol–water partition coefficient (Wildman–Crippen LogP) is 2.94. The number of hydrogen-bond donors (Lipinski definition) is 1. The molecule has 0 unspecified atom stereocenters. The fourth-order valence-corrected chi connectivity index (χ4v) is 3.55. The van der Waals surface area contributed by atoms with E-state index in [9.17, 15) is 4.79 Å². The summed E-state index contributed by atoms with van der Waals surface area (Å²) >= 11 is 0. The van der Waals surface area contributed by atoms with Crippen LogP contribution in [0.15, 0.2) is 65.6 Å². The van der Waals surface area contributed by atoms with E-state index in [0.29, 0.717) is 49.3 Å². The fraction of sp³-hybridized carbons (Fsp3) is 0.217. The van der Waals surface area contributed by atoms with E-state index < -0.39 is 0 Å². The number of nitrogens with zero attached hydrogens (tertiary/aromatic N) is 7. The molecule has 166 valence electrons. The van der Waals surface area contributed by atoms with Gasteiger partial charge in [-0.1, -0.05) is 11.2 Å². The number of pyridine rings is 2. The normalized spacial score (nSPS) is 13.7. The molecule has 1 N–H and O–H groups in total. The molecule has 0 aliphatic carbocycles. The first kappa shape index (κ1) is 20.6. The van der Waals surface area contributed by atoms with Gasteiger partial charge >= 0.3 is 0 Å². The van der Waals surface area contributed by atoms with E-state index in [4.69, 9.17) is 4.52 Å². The summed E-state index contributed by atoms with van der Waals surface area (Å²) in [7, 11) is 0. The van der Waals surface area contributed by atoms with Crippen LogP contribution in [0, 0.1) is 6.92 Å². The Kier molecular flexibility index (Phi) is 5.62. The SMILES string of the molecule is Cc1ccc(Nc2ccc(N3CCN(C(=O)c4cc(-c5cccnc5)on4)CC3)nn2)nc1. The van der Waals surface area contributed by atoms with Crippen LogP contribution >= 0.6 is 0 Å². The first-order valence-corrected chi connectivity index (χ1v) is 10.6. The number of carbonyl (C=O) groups is 1. The first-order chi connectivity index (χ1) is 16.2. The van der Waals surface area contributed by atoms with Crippen LogP contribution in [-0.4, -0.2) is 62.3 Å². The Morgan fingerprint density at radius 3 is 2.55 bits per heavy atom. The van der Waals surface area contributed by atoms with Crippen molar-refractivity contribution in [3.63, 3.8) is 0 Å². The van der Waals surface area contributed by atoms with E-state index in [-0.39, 0.29) is 5.91 Å². The first-order valence-electron chi connectivity index (χ1n) is 10.6. The molecule has 1 fully saturated rings. The second kappa shape index (κ2) is 9.03. The Bertz CT molecular complexity index is 1220. The van der Waals surface area contributed by atoms with Gasteiger partial charge in [-0.2, -0.15) is 0 Å². The van der Waals surface area contributed by atoms with E-state index in [0.717, 1.165) is 16.9 Å². The average Bonchev–Trinajstić information content (AvgIpc) is 3.37. The van der Waals surface area contributed by atoms with Crippen molar-refractivity contribution in [3.05, 3.63) is 72.3 Å². The second-order valence-electron chi connectivity index (χ2n) is 7.72. The van der Waals surface area contributed by atoms with Gasteiger partial charge in [-0.05, 0) is 42.8 Å². The highest BCUT2D eigenvalue weighted by molar-refractivity contribution is 5.93. The number of nitrogens with one attached hydrogen (secondary N) is 1. The van der Waals surface area contributed by atoms with E-state index in [1.165, 1.54) is 0 Å². The highest BCUT2D eigenvalue weighted by Gasteiger charge is 2.25. The monoisotopic (exact) mass is 442 g/mol. The summed E-state index contributed by atoms with van der Waals surface area (Å²) < 4.78 is 5.34. The number of anilines is 3. The third kappa shape index (κ3) is 4.64. The maximum Gasteiger partial charge on any atom is 0.276 e. The Morgan fingerprint density at radius 1 is 1.00 bits per heavy atom. The molecule has 1 aliphatic heterocycles. The number of hydrogen-bond acceptors (Lipinski definition) is 9. The smallest absolute Gasteiger partial charge is 0.276 e. The molecule has 0 aromatic carbocycles. The molecule has 1 saturated heterocycles. The number of piperazine rings is 1. The lowest BCUT2D eigenvalue weighted by atomic mass is 10.2. The Labute approximate surface area is 190 Å². The average molecular weight is 442 g/mol. The van der Waals surface area contributed by atoms with Crippen molar-refractivity contribution in [3.8, 4) is 11.3 Å². The molecule has 1 aliphatic rings. The minimum atomic E-state index is -0.148. The number of aromatic nitrogens is 5. The van der Waals surface area contributed by atoms with Gasteiger partial charge in [0.1, 0.15) is 5.82 Å². The summed E-state index contributed by atoms with van der Waals surface area (Å²) in [4.78, 5) is 25.1. The van der Waals surface area contributed by atoms with Crippen molar-refractivity contribution < 1.29 is 9.32 Å². The van der Waals surface area contributed by atoms with Crippen LogP contribution in [-0.2, 0) is 0 Å². The summed E-state index contributed by atoms with van der Waals surface area (Å²) in [6, 6.07) is 13.0. The van der Waals surface area contributed by atoms with Crippen molar-refractivity contribution in [1.82, 2.24) is 30.2 Å². The van der Waals surface area contributed by atoms with E-state index in [1.807, 2.05) is 43.3 Å². The third-order valence-corrected chi connectivity index (χ3v) is 5.38. The maximum atomic E-state index is 12.9. The lowest BCUT2D eigenvalue weighted by molar-refractivity contribution is 0.0736. The van der Waals surface area contributed by atoms with Crippen molar-refractivity contribution in [1.29, 1.82) is 0 Å². The van der Waals surface area contributed by atoms with Gasteiger partial charge in [0.2, 0.25) is 0 Å². The molecular weight excluding hydrogens is 420 g/mol. The zero-order valence-corrected chi connectivity index (χ0v) is 18.0. The van der Waals surface area contributed by atoms with Crippen molar-refractivity contribution in [2.24, 2.45) is 0 Å². The number of carbonyl (C=O) groups excluding carboxylic acids is 1. The standard InChI is InChI=1S/C23H22N8O2/c1-16-4-5-20(25-14-16)26-21-6-7-22(28-27-21)30-9-11-31(12-10-30)23(32)18-13-19(33-29-18)17-3-2-8-24-15-17/h2-8,13-15H,9-12H2,1H3,(H,25,26,27). The van der Waals surface area contributed by atoms with Crippen LogP contribution in [0.2, 0.25) is 0 Å². The van der Waals surface area contributed by atoms with Gasteiger partial charge < -0.3 is 19.6 Å². The van der Waals surface area contributed by atoms with Gasteiger partial charge in [0.15, 0.2) is 23.1 Å². The molecule has 0 saturated carbocycles. The maximum absolute atomic E-state index is 12.9. The zero-order chi connectivity index (χ0) is 22.6. The molecule has 4 aromatic heterocycles. The minimum Gasteiger partial charge on any atom is -0.355 e. The van der Waals surface area contributed by atoms with Crippen LogP contribution in [0.25, 0.3) is 11.3 Å². The van der Waals surface area contributed by atoms with Gasteiger partial charge in [-0.3, -0.25) is 9.78 Å². The van der Waals surface area contributed by atoms with Gasteiger partial charge in [-0.15, -0.1) is 10.2 Å². The Balaban J connectivity index is 1.17. The molecule has 10 heteroatoms. The molecule has 0 bridgehead atoms. The summed E-state index contributed by atoms with van der Waals surface area (Å²) in [5.74, 6) is 2.48. The van der Waals surface area contributed by atoms with Crippen molar-refractivity contribution in [2.45, 2.75) is 6.92 Å². The Morgan fingerprint density at radius 2 is 1.85 bits per heavy atom. The minimum absolute atomic E-state index is 0.148. The summed E-state index contributed by atoms with van der Waals surface area (Å²) in [5, 5.41) is 15.7. The van der Waals surface area contributed by atoms with Crippen LogP contribution in [0.3, 0.4) is 0 Å². The van der Waals surface area contributed by atoms with E-state index >= 15 is 0 Å².